The Morgan fingerprint density at radius 1 is 1.38 bits per heavy atom. The lowest BCUT2D eigenvalue weighted by molar-refractivity contribution is -0.387. The second kappa shape index (κ2) is 7.22. The van der Waals surface area contributed by atoms with Gasteiger partial charge in [-0.05, 0) is 19.1 Å². The molecule has 0 aliphatic rings. The van der Waals surface area contributed by atoms with Crippen LogP contribution in [0.4, 0.5) is 15.8 Å². The van der Waals surface area contributed by atoms with Crippen LogP contribution in [-0.4, -0.2) is 32.9 Å². The van der Waals surface area contributed by atoms with E-state index in [9.17, 15) is 24.1 Å². The predicted molar refractivity (Wildman–Crippen MR) is 78.6 cm³/mol. The van der Waals surface area contributed by atoms with Gasteiger partial charge >= 0.3 is 11.7 Å². The van der Waals surface area contributed by atoms with E-state index in [1.54, 1.807) is 0 Å². The minimum absolute atomic E-state index is 0.00417. The number of carbonyl (C=O) groups excluding carboxylic acids is 2. The zero-order chi connectivity index (χ0) is 17.7. The van der Waals surface area contributed by atoms with E-state index in [1.165, 1.54) is 25.5 Å². The van der Waals surface area contributed by atoms with Crippen LogP contribution in [0.3, 0.4) is 0 Å². The van der Waals surface area contributed by atoms with Crippen molar-refractivity contribution in [2.75, 3.05) is 5.32 Å². The molecule has 0 aliphatic carbocycles. The topological polar surface area (TPSA) is 124 Å². The molecule has 2 aromatic rings. The zero-order valence-corrected chi connectivity index (χ0v) is 12.3. The summed E-state index contributed by atoms with van der Waals surface area (Å²) in [6.45, 7) is 1.31. The Bertz CT molecular complexity index is 784. The molecule has 9 nitrogen and oxygen atoms in total. The van der Waals surface area contributed by atoms with Gasteiger partial charge in [0.25, 0.3) is 5.91 Å². The normalized spacial score (nSPS) is 11.4. The monoisotopic (exact) mass is 334 g/mol. The van der Waals surface area contributed by atoms with Crippen molar-refractivity contribution >= 4 is 23.3 Å². The maximum absolute atomic E-state index is 13.2. The minimum Gasteiger partial charge on any atom is -0.448 e. The molecule has 1 aromatic heterocycles. The third-order valence-electron chi connectivity index (χ3n) is 2.84. The highest BCUT2D eigenvalue weighted by atomic mass is 19.1. The Morgan fingerprint density at radius 3 is 2.75 bits per heavy atom. The van der Waals surface area contributed by atoms with Crippen LogP contribution in [0.25, 0.3) is 0 Å². The summed E-state index contributed by atoms with van der Waals surface area (Å²) >= 11 is 0. The number of nitrogens with zero attached hydrogens (tertiary/aromatic N) is 3. The average Bonchev–Trinajstić information content (AvgIpc) is 2.57. The second-order valence-corrected chi connectivity index (χ2v) is 4.55. The van der Waals surface area contributed by atoms with Gasteiger partial charge in [-0.2, -0.15) is 4.39 Å². The van der Waals surface area contributed by atoms with E-state index in [-0.39, 0.29) is 11.4 Å². The Kier molecular flexibility index (Phi) is 5.09. The molecule has 24 heavy (non-hydrogen) atoms. The van der Waals surface area contributed by atoms with Gasteiger partial charge in [0.05, 0.1) is 11.1 Å². The highest BCUT2D eigenvalue weighted by molar-refractivity contribution is 5.96. The first-order chi connectivity index (χ1) is 11.4. The fraction of sp³-hybridized carbons (Fsp3) is 0.143. The van der Waals surface area contributed by atoms with Crippen molar-refractivity contribution in [1.82, 2.24) is 9.97 Å². The molecule has 0 radical (unpaired) electrons. The standard InChI is InChI=1S/C14H11FN4O5/c1-8(24-14(21)11-7-16-4-5-17-11)13(20)18-9-2-3-10(15)12(6-9)19(22)23/h2-8H,1H3,(H,18,20)/t8-/m1/s1. The summed E-state index contributed by atoms with van der Waals surface area (Å²) in [6, 6.07) is 2.87. The third-order valence-corrected chi connectivity index (χ3v) is 2.84. The van der Waals surface area contributed by atoms with Crippen molar-refractivity contribution in [2.45, 2.75) is 13.0 Å². The molecule has 0 bridgehead atoms. The molecule has 0 unspecified atom stereocenters. The fourth-order valence-corrected chi connectivity index (χ4v) is 1.65. The number of anilines is 1. The largest absolute Gasteiger partial charge is 0.448 e. The number of nitro groups is 1. The van der Waals surface area contributed by atoms with Gasteiger partial charge in [0.1, 0.15) is 0 Å². The first kappa shape index (κ1) is 16.9. The van der Waals surface area contributed by atoms with Crippen LogP contribution < -0.4 is 5.32 Å². The van der Waals surface area contributed by atoms with E-state index < -0.39 is 34.4 Å². The van der Waals surface area contributed by atoms with Crippen LogP contribution in [0.1, 0.15) is 17.4 Å². The van der Waals surface area contributed by atoms with E-state index in [2.05, 4.69) is 15.3 Å². The lowest BCUT2D eigenvalue weighted by atomic mass is 10.2. The van der Waals surface area contributed by atoms with Gasteiger partial charge < -0.3 is 10.1 Å². The molecule has 2 rings (SSSR count). The van der Waals surface area contributed by atoms with E-state index >= 15 is 0 Å². The van der Waals surface area contributed by atoms with Crippen molar-refractivity contribution in [3.05, 3.63) is 58.4 Å². The van der Waals surface area contributed by atoms with Crippen molar-refractivity contribution in [3.8, 4) is 0 Å². The molecule has 1 amide bonds. The molecule has 0 fully saturated rings. The van der Waals surface area contributed by atoms with Gasteiger partial charge in [-0.1, -0.05) is 0 Å². The number of ether oxygens (including phenoxy) is 1. The van der Waals surface area contributed by atoms with Crippen LogP contribution in [0.5, 0.6) is 0 Å². The number of nitrogens with one attached hydrogen (secondary N) is 1. The first-order valence-electron chi connectivity index (χ1n) is 6.60. The summed E-state index contributed by atoms with van der Waals surface area (Å²) < 4.78 is 18.1. The molecule has 1 aromatic carbocycles. The number of nitro benzene ring substituents is 1. The molecule has 0 spiro atoms. The second-order valence-electron chi connectivity index (χ2n) is 4.55. The number of esters is 1. The maximum atomic E-state index is 13.2. The Morgan fingerprint density at radius 2 is 2.12 bits per heavy atom. The fourth-order valence-electron chi connectivity index (χ4n) is 1.65. The number of hydrogen-bond acceptors (Lipinski definition) is 7. The van der Waals surface area contributed by atoms with E-state index in [0.29, 0.717) is 0 Å². The summed E-state index contributed by atoms with van der Waals surface area (Å²) in [5.41, 5.74) is -0.859. The van der Waals surface area contributed by atoms with Crippen LogP contribution in [0.2, 0.25) is 0 Å². The Hall–Kier alpha value is -3.43. The summed E-state index contributed by atoms with van der Waals surface area (Å²) in [4.78, 5) is 40.9. The molecule has 1 N–H and O–H groups in total. The molecule has 1 heterocycles. The molecular formula is C14H11FN4O5. The average molecular weight is 334 g/mol. The Balaban J connectivity index is 2.03. The lowest BCUT2D eigenvalue weighted by Gasteiger charge is -2.13. The summed E-state index contributed by atoms with van der Waals surface area (Å²) in [5, 5.41) is 13.0. The number of halogens is 1. The van der Waals surface area contributed by atoms with Gasteiger partial charge in [0.15, 0.2) is 11.8 Å². The van der Waals surface area contributed by atoms with Gasteiger partial charge in [-0.15, -0.1) is 0 Å². The number of amides is 1. The van der Waals surface area contributed by atoms with Crippen LogP contribution in [0.15, 0.2) is 36.8 Å². The van der Waals surface area contributed by atoms with Gasteiger partial charge in [0.2, 0.25) is 5.82 Å². The number of aromatic nitrogens is 2. The molecule has 10 heteroatoms. The van der Waals surface area contributed by atoms with E-state index in [1.807, 2.05) is 0 Å². The molecule has 0 saturated carbocycles. The maximum Gasteiger partial charge on any atom is 0.359 e. The number of hydrogen-bond donors (Lipinski definition) is 1. The zero-order valence-electron chi connectivity index (χ0n) is 12.3. The van der Waals surface area contributed by atoms with E-state index in [0.717, 1.165) is 18.2 Å². The number of carbonyl (C=O) groups is 2. The minimum atomic E-state index is -1.20. The highest BCUT2D eigenvalue weighted by Crippen LogP contribution is 2.21. The molecule has 0 saturated heterocycles. The van der Waals surface area contributed by atoms with Crippen molar-refractivity contribution in [3.63, 3.8) is 0 Å². The first-order valence-corrected chi connectivity index (χ1v) is 6.60. The summed E-state index contributed by atoms with van der Waals surface area (Å²) in [6.07, 6.45) is 2.63. The quantitative estimate of drug-likeness (QED) is 0.501. The number of benzene rings is 1. The summed E-state index contributed by atoms with van der Waals surface area (Å²) in [7, 11) is 0. The van der Waals surface area contributed by atoms with Crippen molar-refractivity contribution in [1.29, 1.82) is 0 Å². The highest BCUT2D eigenvalue weighted by Gasteiger charge is 2.21. The van der Waals surface area contributed by atoms with Crippen LogP contribution in [-0.2, 0) is 9.53 Å². The third kappa shape index (κ3) is 4.06. The van der Waals surface area contributed by atoms with Crippen LogP contribution >= 0.6 is 0 Å². The smallest absolute Gasteiger partial charge is 0.359 e. The van der Waals surface area contributed by atoms with E-state index in [4.69, 9.17) is 4.74 Å². The SMILES string of the molecule is C[C@@H](OC(=O)c1cnccn1)C(=O)Nc1ccc(F)c([N+](=O)[O-])c1. The van der Waals surface area contributed by atoms with Gasteiger partial charge in [-0.25, -0.2) is 9.78 Å². The molecule has 1 atom stereocenters. The molecule has 0 aliphatic heterocycles. The predicted octanol–water partition coefficient (Wildman–Crippen LogP) is 1.71. The van der Waals surface area contributed by atoms with Gasteiger partial charge in [0, 0.05) is 24.1 Å². The van der Waals surface area contributed by atoms with Gasteiger partial charge in [-0.3, -0.25) is 19.9 Å². The summed E-state index contributed by atoms with van der Waals surface area (Å²) in [5.74, 6) is -2.62. The number of rotatable bonds is 5. The molecule has 124 valence electrons. The van der Waals surface area contributed by atoms with Crippen molar-refractivity contribution < 1.29 is 23.6 Å². The molecular weight excluding hydrogens is 323 g/mol. The van der Waals surface area contributed by atoms with Crippen LogP contribution in [0, 0.1) is 15.9 Å². The van der Waals surface area contributed by atoms with Crippen molar-refractivity contribution in [2.24, 2.45) is 0 Å². The lowest BCUT2D eigenvalue weighted by Crippen LogP contribution is -2.30. The Labute approximate surface area is 134 Å².